The van der Waals surface area contributed by atoms with E-state index in [1.807, 2.05) is 25.1 Å². The summed E-state index contributed by atoms with van der Waals surface area (Å²) in [6.07, 6.45) is 10.5. The van der Waals surface area contributed by atoms with E-state index in [-0.39, 0.29) is 11.3 Å². The van der Waals surface area contributed by atoms with E-state index in [9.17, 15) is 9.90 Å². The zero-order valence-corrected chi connectivity index (χ0v) is 21.6. The quantitative estimate of drug-likeness (QED) is 0.407. The van der Waals surface area contributed by atoms with Crippen LogP contribution >= 0.6 is 0 Å². The maximum absolute atomic E-state index is 13.2. The minimum Gasteiger partial charge on any atom is -0.390 e. The summed E-state index contributed by atoms with van der Waals surface area (Å²) in [5, 5.41) is 14.5. The van der Waals surface area contributed by atoms with Gasteiger partial charge in [0, 0.05) is 17.2 Å². The monoisotopic (exact) mass is 482 g/mol. The predicted octanol–water partition coefficient (Wildman–Crippen LogP) is 6.79. The molecule has 36 heavy (non-hydrogen) atoms. The van der Waals surface area contributed by atoms with Crippen molar-refractivity contribution in [2.75, 3.05) is 5.32 Å². The maximum atomic E-state index is 13.2. The maximum Gasteiger partial charge on any atom is 0.255 e. The number of hydrogen-bond donors (Lipinski definition) is 2. The molecular formula is C32H38N2O2. The van der Waals surface area contributed by atoms with Crippen molar-refractivity contribution < 1.29 is 9.90 Å². The zero-order valence-electron chi connectivity index (χ0n) is 21.6. The predicted molar refractivity (Wildman–Crippen MR) is 145 cm³/mol. The molecule has 0 aliphatic heterocycles. The number of pyridine rings is 1. The van der Waals surface area contributed by atoms with E-state index in [1.54, 1.807) is 6.20 Å². The van der Waals surface area contributed by atoms with Crippen LogP contribution < -0.4 is 5.32 Å². The van der Waals surface area contributed by atoms with Gasteiger partial charge in [-0.1, -0.05) is 49.7 Å². The summed E-state index contributed by atoms with van der Waals surface area (Å²) < 4.78 is 0. The second kappa shape index (κ2) is 10.2. The molecule has 2 aliphatic carbocycles. The summed E-state index contributed by atoms with van der Waals surface area (Å²) in [5.41, 5.74) is 5.74. The second-order valence-corrected chi connectivity index (χ2v) is 11.0. The molecule has 0 saturated heterocycles. The fourth-order valence-corrected chi connectivity index (χ4v) is 6.91. The number of rotatable bonds is 6. The lowest BCUT2D eigenvalue weighted by Crippen LogP contribution is -2.49. The van der Waals surface area contributed by atoms with Gasteiger partial charge in [-0.25, -0.2) is 0 Å². The van der Waals surface area contributed by atoms with Crippen LogP contribution in [0.25, 0.3) is 0 Å². The summed E-state index contributed by atoms with van der Waals surface area (Å²) in [6, 6.07) is 20.9. The van der Waals surface area contributed by atoms with Crippen LogP contribution in [0.2, 0.25) is 0 Å². The normalized spacial score (nSPS) is 25.4. The molecule has 188 valence electrons. The van der Waals surface area contributed by atoms with Gasteiger partial charge in [-0.2, -0.15) is 0 Å². The standard InChI is InChI=1S/C32H38N2O2/c1-3-16-31(36)17-18-32(21-24-9-5-4-6-10-24)27(22-31)12-7-11-25-20-26(14-15-28(25)32)30(35)34-29-13-8-19-33-23(29)2/h4-6,8-10,13-15,19-20,27,36H,3,7,11-12,16-18,21-22H2,1-2H3,(H,34,35)/t27-,31+,32-/m1/s1. The molecule has 4 nitrogen and oxygen atoms in total. The second-order valence-electron chi connectivity index (χ2n) is 11.0. The Balaban J connectivity index is 1.52. The third kappa shape index (κ3) is 4.84. The van der Waals surface area contributed by atoms with Gasteiger partial charge >= 0.3 is 0 Å². The highest BCUT2D eigenvalue weighted by atomic mass is 16.3. The lowest BCUT2D eigenvalue weighted by atomic mass is 9.55. The van der Waals surface area contributed by atoms with Gasteiger partial charge in [0.2, 0.25) is 0 Å². The molecule has 4 heteroatoms. The van der Waals surface area contributed by atoms with E-state index < -0.39 is 5.60 Å². The number of anilines is 1. The molecule has 1 heterocycles. The number of hydrogen-bond acceptors (Lipinski definition) is 3. The topological polar surface area (TPSA) is 62.2 Å². The van der Waals surface area contributed by atoms with E-state index in [1.165, 1.54) is 16.7 Å². The Labute approximate surface area is 215 Å². The highest BCUT2D eigenvalue weighted by Crippen LogP contribution is 2.54. The first-order chi connectivity index (χ1) is 17.4. The molecule has 0 unspecified atom stereocenters. The summed E-state index contributed by atoms with van der Waals surface area (Å²) in [5.74, 6) is 0.342. The van der Waals surface area contributed by atoms with Crippen molar-refractivity contribution in [3.05, 3.63) is 94.8 Å². The molecule has 1 fully saturated rings. The average Bonchev–Trinajstić information content (AvgIpc) is 3.02. The van der Waals surface area contributed by atoms with Crippen molar-refractivity contribution in [1.29, 1.82) is 0 Å². The van der Waals surface area contributed by atoms with Crippen molar-refractivity contribution in [3.63, 3.8) is 0 Å². The number of aromatic nitrogens is 1. The number of amides is 1. The van der Waals surface area contributed by atoms with Crippen molar-refractivity contribution in [3.8, 4) is 0 Å². The smallest absolute Gasteiger partial charge is 0.255 e. The van der Waals surface area contributed by atoms with Gasteiger partial charge in [-0.3, -0.25) is 9.78 Å². The fourth-order valence-electron chi connectivity index (χ4n) is 6.91. The molecule has 0 spiro atoms. The van der Waals surface area contributed by atoms with E-state index in [4.69, 9.17) is 0 Å². The van der Waals surface area contributed by atoms with Crippen LogP contribution in [-0.2, 0) is 18.3 Å². The van der Waals surface area contributed by atoms with E-state index in [0.717, 1.165) is 69.2 Å². The minimum atomic E-state index is -0.550. The molecular weight excluding hydrogens is 444 g/mol. The summed E-state index contributed by atoms with van der Waals surface area (Å²) in [7, 11) is 0. The molecule has 2 N–H and O–H groups in total. The van der Waals surface area contributed by atoms with Crippen molar-refractivity contribution in [2.24, 2.45) is 5.92 Å². The van der Waals surface area contributed by atoms with Gasteiger partial charge in [-0.15, -0.1) is 0 Å². The highest BCUT2D eigenvalue weighted by molar-refractivity contribution is 6.04. The Morgan fingerprint density at radius 1 is 1.11 bits per heavy atom. The van der Waals surface area contributed by atoms with E-state index in [2.05, 4.69) is 59.7 Å². The van der Waals surface area contributed by atoms with Gasteiger partial charge in [0.05, 0.1) is 17.0 Å². The summed E-state index contributed by atoms with van der Waals surface area (Å²) >= 11 is 0. The molecule has 2 aliphatic rings. The first kappa shape index (κ1) is 24.7. The number of nitrogens with one attached hydrogen (secondary N) is 1. The molecule has 3 atom stereocenters. The van der Waals surface area contributed by atoms with Crippen LogP contribution in [0, 0.1) is 12.8 Å². The first-order valence-corrected chi connectivity index (χ1v) is 13.6. The molecule has 2 aromatic carbocycles. The fraction of sp³-hybridized carbons (Fsp3) is 0.438. The number of aliphatic hydroxyl groups is 1. The van der Waals surface area contributed by atoms with Gasteiger partial charge in [0.15, 0.2) is 0 Å². The third-order valence-electron chi connectivity index (χ3n) is 8.68. The highest BCUT2D eigenvalue weighted by Gasteiger charge is 2.50. The number of carbonyl (C=O) groups excluding carboxylic acids is 1. The Morgan fingerprint density at radius 2 is 1.94 bits per heavy atom. The minimum absolute atomic E-state index is 0.0118. The number of nitrogens with zero attached hydrogens (tertiary/aromatic N) is 1. The van der Waals surface area contributed by atoms with Crippen LogP contribution in [0.1, 0.15) is 84.6 Å². The van der Waals surface area contributed by atoms with Crippen LogP contribution in [0.3, 0.4) is 0 Å². The number of carbonyl (C=O) groups is 1. The van der Waals surface area contributed by atoms with E-state index in [0.29, 0.717) is 11.5 Å². The average molecular weight is 483 g/mol. The van der Waals surface area contributed by atoms with Crippen LogP contribution in [0.5, 0.6) is 0 Å². The van der Waals surface area contributed by atoms with Crippen LogP contribution in [0.15, 0.2) is 66.9 Å². The largest absolute Gasteiger partial charge is 0.390 e. The first-order valence-electron chi connectivity index (χ1n) is 13.6. The van der Waals surface area contributed by atoms with Gasteiger partial charge < -0.3 is 10.4 Å². The zero-order chi connectivity index (χ0) is 25.2. The van der Waals surface area contributed by atoms with Gasteiger partial charge in [0.1, 0.15) is 0 Å². The molecule has 5 rings (SSSR count). The third-order valence-corrected chi connectivity index (χ3v) is 8.68. The van der Waals surface area contributed by atoms with Crippen LogP contribution in [0.4, 0.5) is 5.69 Å². The summed E-state index contributed by atoms with van der Waals surface area (Å²) in [4.78, 5) is 17.5. The summed E-state index contributed by atoms with van der Waals surface area (Å²) in [6.45, 7) is 4.08. The number of benzene rings is 2. The van der Waals surface area contributed by atoms with Gasteiger partial charge in [0.25, 0.3) is 5.91 Å². The van der Waals surface area contributed by atoms with E-state index >= 15 is 0 Å². The molecule has 1 aromatic heterocycles. The molecule has 0 radical (unpaired) electrons. The Hall–Kier alpha value is -2.98. The number of fused-ring (bicyclic) bond motifs is 3. The molecule has 1 saturated carbocycles. The lowest BCUT2D eigenvalue weighted by molar-refractivity contribution is -0.0534. The van der Waals surface area contributed by atoms with Crippen LogP contribution in [-0.4, -0.2) is 21.6 Å². The Bertz CT molecular complexity index is 1220. The van der Waals surface area contributed by atoms with Gasteiger partial charge in [-0.05, 0) is 105 Å². The van der Waals surface area contributed by atoms with Crippen molar-refractivity contribution in [2.45, 2.75) is 82.7 Å². The number of aryl methyl sites for hydroxylation is 2. The molecule has 3 aromatic rings. The Morgan fingerprint density at radius 3 is 2.72 bits per heavy atom. The van der Waals surface area contributed by atoms with Crippen molar-refractivity contribution in [1.82, 2.24) is 4.98 Å². The SMILES string of the molecule is CCC[C@]1(O)CC[C@]2(Cc3ccccc3)c3ccc(C(=O)Nc4cccnc4C)cc3CCC[C@@H]2C1. The lowest BCUT2D eigenvalue weighted by Gasteiger charge is -2.50. The van der Waals surface area contributed by atoms with Crippen molar-refractivity contribution >= 4 is 11.6 Å². The molecule has 0 bridgehead atoms. The molecule has 1 amide bonds. The Kier molecular flexibility index (Phi) is 6.98.